The summed E-state index contributed by atoms with van der Waals surface area (Å²) >= 11 is 0. The van der Waals surface area contributed by atoms with Crippen LogP contribution in [-0.4, -0.2) is 18.3 Å². The minimum Gasteiger partial charge on any atom is -0.396 e. The van der Waals surface area contributed by atoms with Gasteiger partial charge in [0.15, 0.2) is 0 Å². The second-order valence-electron chi connectivity index (χ2n) is 4.28. The van der Waals surface area contributed by atoms with Crippen LogP contribution in [0.25, 0.3) is 0 Å². The van der Waals surface area contributed by atoms with Crippen LogP contribution in [0.3, 0.4) is 0 Å². The van der Waals surface area contributed by atoms with Gasteiger partial charge < -0.3 is 10.4 Å². The zero-order chi connectivity index (χ0) is 11.1. The number of aliphatic hydroxyl groups is 1. The van der Waals surface area contributed by atoms with Crippen molar-refractivity contribution in [2.24, 2.45) is 5.92 Å². The third-order valence-electron chi connectivity index (χ3n) is 2.38. The Labute approximate surface area is 92.3 Å². The molecule has 0 amide bonds. The number of anilines is 1. The van der Waals surface area contributed by atoms with Crippen LogP contribution in [0, 0.1) is 5.92 Å². The van der Waals surface area contributed by atoms with E-state index < -0.39 is 0 Å². The average Bonchev–Trinajstić information content (AvgIpc) is 2.18. The molecule has 0 atom stereocenters. The van der Waals surface area contributed by atoms with E-state index in [1.807, 2.05) is 12.1 Å². The summed E-state index contributed by atoms with van der Waals surface area (Å²) in [5.74, 6) is 0.734. The summed E-state index contributed by atoms with van der Waals surface area (Å²) < 4.78 is 0. The van der Waals surface area contributed by atoms with Gasteiger partial charge in [0, 0.05) is 18.8 Å². The molecule has 1 rings (SSSR count). The lowest BCUT2D eigenvalue weighted by Crippen LogP contribution is -2.05. The highest BCUT2D eigenvalue weighted by Gasteiger charge is 1.96. The van der Waals surface area contributed by atoms with Crippen molar-refractivity contribution in [2.45, 2.75) is 26.7 Å². The zero-order valence-corrected chi connectivity index (χ0v) is 9.66. The van der Waals surface area contributed by atoms with E-state index in [1.54, 1.807) is 0 Å². The fourth-order valence-electron chi connectivity index (χ4n) is 1.47. The maximum atomic E-state index is 8.84. The molecular formula is C13H21NO. The van der Waals surface area contributed by atoms with Crippen LogP contribution in [0.2, 0.25) is 0 Å². The molecule has 2 N–H and O–H groups in total. The molecule has 0 spiro atoms. The van der Waals surface area contributed by atoms with Crippen LogP contribution < -0.4 is 5.32 Å². The minimum absolute atomic E-state index is 0.218. The number of benzene rings is 1. The van der Waals surface area contributed by atoms with Crippen LogP contribution in [-0.2, 0) is 6.42 Å². The van der Waals surface area contributed by atoms with Crippen molar-refractivity contribution in [1.29, 1.82) is 0 Å². The van der Waals surface area contributed by atoms with Gasteiger partial charge in [0.1, 0.15) is 0 Å². The third kappa shape index (κ3) is 4.84. The fourth-order valence-corrected chi connectivity index (χ4v) is 1.47. The van der Waals surface area contributed by atoms with Crippen LogP contribution in [0.15, 0.2) is 24.3 Å². The van der Waals surface area contributed by atoms with Gasteiger partial charge in [0.2, 0.25) is 0 Å². The Kier molecular flexibility index (Phi) is 5.19. The van der Waals surface area contributed by atoms with Crippen LogP contribution in [0.1, 0.15) is 25.8 Å². The van der Waals surface area contributed by atoms with Gasteiger partial charge in [-0.15, -0.1) is 0 Å². The average molecular weight is 207 g/mol. The summed E-state index contributed by atoms with van der Waals surface area (Å²) in [5.41, 5.74) is 2.34. The zero-order valence-electron chi connectivity index (χ0n) is 9.66. The quantitative estimate of drug-likeness (QED) is 0.751. The highest BCUT2D eigenvalue weighted by molar-refractivity contribution is 5.45. The van der Waals surface area contributed by atoms with Gasteiger partial charge in [-0.2, -0.15) is 0 Å². The van der Waals surface area contributed by atoms with E-state index in [0.29, 0.717) is 0 Å². The van der Waals surface area contributed by atoms with Gasteiger partial charge in [-0.1, -0.05) is 26.0 Å². The van der Waals surface area contributed by atoms with Gasteiger partial charge in [-0.3, -0.25) is 0 Å². The Balaban J connectivity index is 2.43. The SMILES string of the molecule is CC(C)CCNc1cccc(CCO)c1. The lowest BCUT2D eigenvalue weighted by Gasteiger charge is -2.09. The molecule has 0 aliphatic rings. The normalized spacial score (nSPS) is 10.7. The van der Waals surface area contributed by atoms with Crippen LogP contribution in [0.5, 0.6) is 0 Å². The second kappa shape index (κ2) is 6.46. The molecule has 0 saturated carbocycles. The molecule has 2 nitrogen and oxygen atoms in total. The highest BCUT2D eigenvalue weighted by atomic mass is 16.2. The van der Waals surface area contributed by atoms with Crippen molar-refractivity contribution >= 4 is 5.69 Å². The molecular weight excluding hydrogens is 186 g/mol. The summed E-state index contributed by atoms with van der Waals surface area (Å²) in [6, 6.07) is 8.25. The molecule has 0 saturated heterocycles. The largest absolute Gasteiger partial charge is 0.396 e. The first-order valence-electron chi connectivity index (χ1n) is 5.66. The summed E-state index contributed by atoms with van der Waals surface area (Å²) in [6.07, 6.45) is 1.92. The number of aliphatic hydroxyl groups excluding tert-OH is 1. The monoisotopic (exact) mass is 207 g/mol. The van der Waals surface area contributed by atoms with Crippen molar-refractivity contribution in [3.63, 3.8) is 0 Å². The molecule has 1 aromatic rings. The number of rotatable bonds is 6. The van der Waals surface area contributed by atoms with E-state index in [9.17, 15) is 0 Å². The lowest BCUT2D eigenvalue weighted by molar-refractivity contribution is 0.299. The van der Waals surface area contributed by atoms with E-state index in [2.05, 4.69) is 31.3 Å². The number of hydrogen-bond donors (Lipinski definition) is 2. The van der Waals surface area contributed by atoms with Gasteiger partial charge >= 0.3 is 0 Å². The fraction of sp³-hybridized carbons (Fsp3) is 0.538. The Morgan fingerprint density at radius 2 is 2.13 bits per heavy atom. The maximum Gasteiger partial charge on any atom is 0.0471 e. The molecule has 84 valence electrons. The minimum atomic E-state index is 0.218. The van der Waals surface area contributed by atoms with Crippen molar-refractivity contribution in [2.75, 3.05) is 18.5 Å². The molecule has 0 aliphatic carbocycles. The Hall–Kier alpha value is -1.02. The van der Waals surface area contributed by atoms with Crippen LogP contribution >= 0.6 is 0 Å². The molecule has 2 heteroatoms. The van der Waals surface area contributed by atoms with E-state index in [4.69, 9.17) is 5.11 Å². The predicted molar refractivity (Wildman–Crippen MR) is 65.2 cm³/mol. The molecule has 0 heterocycles. The van der Waals surface area contributed by atoms with Gasteiger partial charge in [0.25, 0.3) is 0 Å². The Morgan fingerprint density at radius 1 is 1.33 bits per heavy atom. The Morgan fingerprint density at radius 3 is 2.80 bits per heavy atom. The highest BCUT2D eigenvalue weighted by Crippen LogP contribution is 2.11. The first kappa shape index (κ1) is 12.1. The smallest absolute Gasteiger partial charge is 0.0471 e. The van der Waals surface area contributed by atoms with Gasteiger partial charge in [-0.25, -0.2) is 0 Å². The Bertz CT molecular complexity index is 284. The van der Waals surface area contributed by atoms with E-state index in [0.717, 1.165) is 24.6 Å². The van der Waals surface area contributed by atoms with E-state index in [-0.39, 0.29) is 6.61 Å². The summed E-state index contributed by atoms with van der Waals surface area (Å²) in [6.45, 7) is 5.68. The molecule has 1 aromatic carbocycles. The molecule has 0 aliphatic heterocycles. The van der Waals surface area contributed by atoms with E-state index >= 15 is 0 Å². The first-order chi connectivity index (χ1) is 7.22. The number of hydrogen-bond acceptors (Lipinski definition) is 2. The number of nitrogens with one attached hydrogen (secondary N) is 1. The second-order valence-corrected chi connectivity index (χ2v) is 4.28. The van der Waals surface area contributed by atoms with E-state index in [1.165, 1.54) is 12.0 Å². The summed E-state index contributed by atoms with van der Waals surface area (Å²) in [5, 5.41) is 12.2. The molecule has 15 heavy (non-hydrogen) atoms. The van der Waals surface area contributed by atoms with Crippen LogP contribution in [0.4, 0.5) is 5.69 Å². The van der Waals surface area contributed by atoms with Crippen molar-refractivity contribution in [1.82, 2.24) is 0 Å². The molecule has 0 radical (unpaired) electrons. The molecule has 0 unspecified atom stereocenters. The molecule has 0 bridgehead atoms. The summed E-state index contributed by atoms with van der Waals surface area (Å²) in [7, 11) is 0. The summed E-state index contributed by atoms with van der Waals surface area (Å²) in [4.78, 5) is 0. The lowest BCUT2D eigenvalue weighted by atomic mass is 10.1. The van der Waals surface area contributed by atoms with Crippen molar-refractivity contribution in [3.05, 3.63) is 29.8 Å². The molecule has 0 aromatic heterocycles. The topological polar surface area (TPSA) is 32.3 Å². The standard InChI is InChI=1S/C13H21NO/c1-11(2)6-8-14-13-5-3-4-12(10-13)7-9-15/h3-5,10-11,14-15H,6-9H2,1-2H3. The third-order valence-corrected chi connectivity index (χ3v) is 2.38. The maximum absolute atomic E-state index is 8.84. The van der Waals surface area contributed by atoms with Crippen molar-refractivity contribution in [3.8, 4) is 0 Å². The van der Waals surface area contributed by atoms with Gasteiger partial charge in [-0.05, 0) is 36.5 Å². The molecule has 0 fully saturated rings. The predicted octanol–water partition coefficient (Wildman–Crippen LogP) is 2.68. The van der Waals surface area contributed by atoms with Gasteiger partial charge in [0.05, 0.1) is 0 Å². The van der Waals surface area contributed by atoms with Crippen molar-refractivity contribution < 1.29 is 5.11 Å². The first-order valence-corrected chi connectivity index (χ1v) is 5.66.